The Morgan fingerprint density at radius 1 is 1.04 bits per heavy atom. The molecular weight excluding hydrogens is 304 g/mol. The summed E-state index contributed by atoms with van der Waals surface area (Å²) < 4.78 is 1.18. The van der Waals surface area contributed by atoms with Crippen molar-refractivity contribution in [2.75, 3.05) is 5.32 Å². The third-order valence-electron chi connectivity index (χ3n) is 3.56. The Morgan fingerprint density at radius 3 is 2.50 bits per heavy atom. The Hall–Kier alpha value is -3.28. The quantitative estimate of drug-likeness (QED) is 0.801. The van der Waals surface area contributed by atoms with Gasteiger partial charge in [0.05, 0.1) is 5.69 Å². The van der Waals surface area contributed by atoms with Crippen LogP contribution in [0.4, 0.5) is 5.82 Å². The maximum Gasteiger partial charge on any atom is 0.267 e. The number of carbonyl (C=O) groups excluding carboxylic acids is 1. The Kier molecular flexibility index (Phi) is 4.47. The highest BCUT2D eigenvalue weighted by Gasteiger charge is 2.18. The number of hydrogen-bond donors (Lipinski definition) is 1. The Labute approximate surface area is 138 Å². The van der Waals surface area contributed by atoms with Gasteiger partial charge in [-0.05, 0) is 25.1 Å². The molecule has 0 saturated heterocycles. The zero-order valence-electron chi connectivity index (χ0n) is 13.1. The summed E-state index contributed by atoms with van der Waals surface area (Å²) in [4.78, 5) is 28.5. The van der Waals surface area contributed by atoms with Crippen molar-refractivity contribution in [2.24, 2.45) is 0 Å². The number of aromatic nitrogens is 3. The number of benzene rings is 1. The van der Waals surface area contributed by atoms with Crippen LogP contribution < -0.4 is 10.9 Å². The number of nitrogens with zero attached hydrogens (tertiary/aromatic N) is 3. The Bertz CT molecular complexity index is 892. The van der Waals surface area contributed by atoms with E-state index in [1.165, 1.54) is 10.7 Å². The minimum Gasteiger partial charge on any atom is -0.309 e. The van der Waals surface area contributed by atoms with Gasteiger partial charge in [-0.2, -0.15) is 5.10 Å². The van der Waals surface area contributed by atoms with Gasteiger partial charge in [-0.15, -0.1) is 0 Å². The Balaban J connectivity index is 1.88. The van der Waals surface area contributed by atoms with E-state index < -0.39 is 6.04 Å². The summed E-state index contributed by atoms with van der Waals surface area (Å²) in [7, 11) is 0. The van der Waals surface area contributed by atoms with E-state index in [-0.39, 0.29) is 11.5 Å². The summed E-state index contributed by atoms with van der Waals surface area (Å²) >= 11 is 0. The molecule has 1 N–H and O–H groups in total. The first-order chi connectivity index (χ1) is 11.6. The third kappa shape index (κ3) is 3.38. The predicted octanol–water partition coefficient (Wildman–Crippen LogP) is 2.51. The summed E-state index contributed by atoms with van der Waals surface area (Å²) in [5.74, 6) is 0.0788. The third-order valence-corrected chi connectivity index (χ3v) is 3.56. The average molecular weight is 320 g/mol. The molecule has 24 heavy (non-hydrogen) atoms. The second-order valence-corrected chi connectivity index (χ2v) is 5.25. The lowest BCUT2D eigenvalue weighted by Crippen LogP contribution is -2.33. The van der Waals surface area contributed by atoms with Gasteiger partial charge in [-0.1, -0.05) is 36.4 Å². The van der Waals surface area contributed by atoms with Gasteiger partial charge in [-0.25, -0.2) is 9.67 Å². The molecule has 1 amide bonds. The van der Waals surface area contributed by atoms with E-state index in [4.69, 9.17) is 0 Å². The van der Waals surface area contributed by atoms with Gasteiger partial charge in [-0.3, -0.25) is 9.59 Å². The molecule has 0 saturated carbocycles. The van der Waals surface area contributed by atoms with E-state index in [9.17, 15) is 9.59 Å². The lowest BCUT2D eigenvalue weighted by atomic mass is 10.1. The molecule has 0 aliphatic heterocycles. The van der Waals surface area contributed by atoms with Gasteiger partial charge in [0.25, 0.3) is 5.56 Å². The summed E-state index contributed by atoms with van der Waals surface area (Å²) in [5, 5.41) is 7.00. The molecule has 1 aromatic carbocycles. The van der Waals surface area contributed by atoms with Crippen molar-refractivity contribution in [1.29, 1.82) is 0 Å². The second kappa shape index (κ2) is 6.87. The smallest absolute Gasteiger partial charge is 0.267 e. The lowest BCUT2D eigenvalue weighted by molar-refractivity contribution is -0.119. The summed E-state index contributed by atoms with van der Waals surface area (Å²) in [5.41, 5.74) is 1.18. The minimum absolute atomic E-state index is 0.335. The van der Waals surface area contributed by atoms with Crippen LogP contribution in [-0.4, -0.2) is 20.7 Å². The van der Waals surface area contributed by atoms with E-state index >= 15 is 0 Å². The number of pyridine rings is 1. The molecule has 6 nitrogen and oxygen atoms in total. The number of hydrogen-bond acceptors (Lipinski definition) is 4. The van der Waals surface area contributed by atoms with E-state index in [0.29, 0.717) is 11.5 Å². The topological polar surface area (TPSA) is 76.9 Å². The molecule has 3 aromatic rings. The van der Waals surface area contributed by atoms with Gasteiger partial charge in [0, 0.05) is 17.8 Å². The van der Waals surface area contributed by atoms with Crippen LogP contribution in [0, 0.1) is 0 Å². The first-order valence-electron chi connectivity index (χ1n) is 7.52. The predicted molar refractivity (Wildman–Crippen MR) is 91.5 cm³/mol. The molecule has 2 aromatic heterocycles. The van der Waals surface area contributed by atoms with Crippen LogP contribution in [0.1, 0.15) is 13.0 Å². The highest BCUT2D eigenvalue weighted by molar-refractivity contribution is 5.92. The summed E-state index contributed by atoms with van der Waals surface area (Å²) in [6.07, 6.45) is 1.58. The zero-order valence-corrected chi connectivity index (χ0v) is 13.1. The van der Waals surface area contributed by atoms with Crippen LogP contribution in [0.25, 0.3) is 11.3 Å². The maximum atomic E-state index is 12.4. The van der Waals surface area contributed by atoms with Gasteiger partial charge < -0.3 is 5.32 Å². The van der Waals surface area contributed by atoms with Crippen LogP contribution >= 0.6 is 0 Å². The normalized spacial score (nSPS) is 11.7. The van der Waals surface area contributed by atoms with E-state index in [2.05, 4.69) is 15.4 Å². The molecule has 3 rings (SSSR count). The fraction of sp³-hybridized carbons (Fsp3) is 0.111. The highest BCUT2D eigenvalue weighted by Crippen LogP contribution is 2.15. The molecule has 6 heteroatoms. The van der Waals surface area contributed by atoms with Crippen molar-refractivity contribution < 1.29 is 4.79 Å². The molecule has 0 unspecified atom stereocenters. The van der Waals surface area contributed by atoms with Crippen LogP contribution in [0.5, 0.6) is 0 Å². The van der Waals surface area contributed by atoms with Crippen LogP contribution in [0.15, 0.2) is 71.7 Å². The number of carbonyl (C=O) groups is 1. The molecule has 2 heterocycles. The van der Waals surface area contributed by atoms with Gasteiger partial charge in [0.15, 0.2) is 0 Å². The van der Waals surface area contributed by atoms with Crippen molar-refractivity contribution in [1.82, 2.24) is 14.8 Å². The number of amides is 1. The fourth-order valence-corrected chi connectivity index (χ4v) is 2.24. The largest absolute Gasteiger partial charge is 0.309 e. The van der Waals surface area contributed by atoms with Gasteiger partial charge in [0.2, 0.25) is 5.91 Å². The molecule has 0 aliphatic carbocycles. The van der Waals surface area contributed by atoms with Crippen molar-refractivity contribution in [2.45, 2.75) is 13.0 Å². The second-order valence-electron chi connectivity index (χ2n) is 5.25. The van der Waals surface area contributed by atoms with Crippen molar-refractivity contribution >= 4 is 11.7 Å². The molecule has 0 aliphatic rings. The molecule has 0 bridgehead atoms. The lowest BCUT2D eigenvalue weighted by Gasteiger charge is -2.14. The van der Waals surface area contributed by atoms with Crippen molar-refractivity contribution in [3.05, 3.63) is 77.2 Å². The van der Waals surface area contributed by atoms with Crippen molar-refractivity contribution in [3.8, 4) is 11.3 Å². The zero-order chi connectivity index (χ0) is 16.9. The van der Waals surface area contributed by atoms with Crippen LogP contribution in [0.3, 0.4) is 0 Å². The van der Waals surface area contributed by atoms with E-state index in [1.54, 1.807) is 37.4 Å². The average Bonchev–Trinajstić information content (AvgIpc) is 2.63. The summed E-state index contributed by atoms with van der Waals surface area (Å²) in [6.45, 7) is 1.63. The molecule has 0 radical (unpaired) electrons. The first-order valence-corrected chi connectivity index (χ1v) is 7.52. The molecule has 0 spiro atoms. The first kappa shape index (κ1) is 15.6. The SMILES string of the molecule is C[C@@H](C(=O)Nc1ccccn1)n1nc(-c2ccccc2)ccc1=O. The molecule has 1 atom stereocenters. The van der Waals surface area contributed by atoms with Gasteiger partial charge >= 0.3 is 0 Å². The Morgan fingerprint density at radius 2 is 1.79 bits per heavy atom. The standard InChI is InChI=1S/C18H16N4O2/c1-13(18(24)20-16-9-5-6-12-19-16)22-17(23)11-10-15(21-22)14-7-3-2-4-8-14/h2-13H,1H3,(H,19,20,24)/t13-/m0/s1. The number of nitrogens with one attached hydrogen (secondary N) is 1. The monoisotopic (exact) mass is 320 g/mol. The summed E-state index contributed by atoms with van der Waals surface area (Å²) in [6, 6.07) is 17.0. The fourth-order valence-electron chi connectivity index (χ4n) is 2.24. The molecule has 120 valence electrons. The van der Waals surface area contributed by atoms with E-state index in [0.717, 1.165) is 5.56 Å². The molecule has 0 fully saturated rings. The van der Waals surface area contributed by atoms with Crippen molar-refractivity contribution in [3.63, 3.8) is 0 Å². The van der Waals surface area contributed by atoms with E-state index in [1.807, 2.05) is 30.3 Å². The minimum atomic E-state index is -0.761. The molecular formula is C18H16N4O2. The maximum absolute atomic E-state index is 12.4. The highest BCUT2D eigenvalue weighted by atomic mass is 16.2. The van der Waals surface area contributed by atoms with Crippen LogP contribution in [0.2, 0.25) is 0 Å². The van der Waals surface area contributed by atoms with Gasteiger partial charge in [0.1, 0.15) is 11.9 Å². The number of rotatable bonds is 4. The van der Waals surface area contributed by atoms with Crippen LogP contribution in [-0.2, 0) is 4.79 Å². The number of anilines is 1.